The number of rotatable bonds is 6. The second kappa shape index (κ2) is 7.39. The number of aliphatic hydroxyl groups excluding tert-OH is 1. The van der Waals surface area contributed by atoms with E-state index < -0.39 is 0 Å². The second-order valence-corrected chi connectivity index (χ2v) is 4.44. The Hall–Kier alpha value is -2.06. The molecule has 0 aliphatic rings. The molecule has 1 rings (SSSR count). The Bertz CT molecular complexity index is 451. The van der Waals surface area contributed by atoms with Gasteiger partial charge in [0, 0.05) is 12.6 Å². The minimum Gasteiger partial charge on any atom is -0.484 e. The van der Waals surface area contributed by atoms with Gasteiger partial charge in [0.05, 0.1) is 11.6 Å². The number of hydrogen-bond donors (Lipinski definition) is 2. The molecule has 2 N–H and O–H groups in total. The topological polar surface area (TPSA) is 82.3 Å². The van der Waals surface area contributed by atoms with Crippen molar-refractivity contribution >= 4 is 5.91 Å². The number of nitrogens with one attached hydrogen (secondary N) is 1. The van der Waals surface area contributed by atoms with Gasteiger partial charge in [-0.05, 0) is 37.1 Å². The molecule has 1 aromatic carbocycles. The number of aliphatic hydroxyl groups is 1. The normalized spacial score (nSPS) is 13.2. The van der Waals surface area contributed by atoms with Crippen LogP contribution in [0.25, 0.3) is 0 Å². The van der Waals surface area contributed by atoms with E-state index in [9.17, 15) is 4.79 Å². The number of carbonyl (C=O) groups excluding carboxylic acids is 1. The first-order valence-corrected chi connectivity index (χ1v) is 6.10. The lowest BCUT2D eigenvalue weighted by Crippen LogP contribution is -2.40. The van der Waals surface area contributed by atoms with Gasteiger partial charge in [-0.25, -0.2) is 0 Å². The van der Waals surface area contributed by atoms with Gasteiger partial charge in [0.1, 0.15) is 5.75 Å². The van der Waals surface area contributed by atoms with Crippen molar-refractivity contribution in [3.63, 3.8) is 0 Å². The lowest BCUT2D eigenvalue weighted by Gasteiger charge is -2.19. The van der Waals surface area contributed by atoms with Crippen molar-refractivity contribution in [2.75, 3.05) is 13.2 Å². The minimum absolute atomic E-state index is 0.00105. The number of carbonyl (C=O) groups is 1. The summed E-state index contributed by atoms with van der Waals surface area (Å²) in [5, 5.41) is 20.4. The van der Waals surface area contributed by atoms with Crippen LogP contribution >= 0.6 is 0 Å². The lowest BCUT2D eigenvalue weighted by molar-refractivity contribution is -0.124. The molecule has 2 unspecified atom stereocenters. The van der Waals surface area contributed by atoms with Crippen molar-refractivity contribution in [3.8, 4) is 11.8 Å². The average Bonchev–Trinajstić information content (AvgIpc) is 2.44. The van der Waals surface area contributed by atoms with Crippen LogP contribution in [0.5, 0.6) is 5.75 Å². The number of nitrogens with zero attached hydrogens (tertiary/aromatic N) is 1. The third-order valence-electron chi connectivity index (χ3n) is 2.88. The van der Waals surface area contributed by atoms with Crippen LogP contribution in [0.15, 0.2) is 24.3 Å². The number of hydrogen-bond acceptors (Lipinski definition) is 4. The Kier molecular flexibility index (Phi) is 5.83. The van der Waals surface area contributed by atoms with E-state index in [2.05, 4.69) is 5.32 Å². The van der Waals surface area contributed by atoms with E-state index in [0.717, 1.165) is 0 Å². The van der Waals surface area contributed by atoms with Crippen LogP contribution in [0.1, 0.15) is 19.4 Å². The monoisotopic (exact) mass is 262 g/mol. The van der Waals surface area contributed by atoms with Gasteiger partial charge in [-0.15, -0.1) is 0 Å². The quantitative estimate of drug-likeness (QED) is 0.803. The van der Waals surface area contributed by atoms with E-state index in [-0.39, 0.29) is 31.1 Å². The fraction of sp³-hybridized carbons (Fsp3) is 0.429. The summed E-state index contributed by atoms with van der Waals surface area (Å²) in [5.41, 5.74) is 0.544. The van der Waals surface area contributed by atoms with Crippen molar-refractivity contribution in [2.24, 2.45) is 5.92 Å². The highest BCUT2D eigenvalue weighted by Gasteiger charge is 2.14. The molecular formula is C14H18N2O3. The molecule has 5 nitrogen and oxygen atoms in total. The Labute approximate surface area is 112 Å². The second-order valence-electron chi connectivity index (χ2n) is 4.44. The molecule has 0 aliphatic heterocycles. The van der Waals surface area contributed by atoms with Gasteiger partial charge in [-0.3, -0.25) is 4.79 Å². The first-order chi connectivity index (χ1) is 9.06. The molecule has 1 aromatic rings. The van der Waals surface area contributed by atoms with Gasteiger partial charge in [-0.2, -0.15) is 5.26 Å². The fourth-order valence-corrected chi connectivity index (χ4v) is 1.37. The molecule has 0 aromatic heterocycles. The molecule has 19 heavy (non-hydrogen) atoms. The minimum atomic E-state index is -0.239. The van der Waals surface area contributed by atoms with Crippen molar-refractivity contribution in [1.29, 1.82) is 5.26 Å². The van der Waals surface area contributed by atoms with E-state index in [4.69, 9.17) is 15.1 Å². The van der Waals surface area contributed by atoms with Crippen LogP contribution in [-0.4, -0.2) is 30.3 Å². The van der Waals surface area contributed by atoms with Crippen LogP contribution < -0.4 is 10.1 Å². The molecule has 0 spiro atoms. The first-order valence-electron chi connectivity index (χ1n) is 6.10. The van der Waals surface area contributed by atoms with Crippen molar-refractivity contribution < 1.29 is 14.6 Å². The van der Waals surface area contributed by atoms with Gasteiger partial charge in [0.2, 0.25) is 0 Å². The molecule has 0 bridgehead atoms. The molecule has 0 radical (unpaired) electrons. The third kappa shape index (κ3) is 4.98. The zero-order valence-corrected chi connectivity index (χ0v) is 11.1. The van der Waals surface area contributed by atoms with Gasteiger partial charge in [0.25, 0.3) is 5.91 Å². The smallest absolute Gasteiger partial charge is 0.258 e. The molecule has 5 heteroatoms. The molecule has 2 atom stereocenters. The number of ether oxygens (including phenoxy) is 1. The maximum absolute atomic E-state index is 11.6. The fourth-order valence-electron chi connectivity index (χ4n) is 1.37. The van der Waals surface area contributed by atoms with Gasteiger partial charge in [0.15, 0.2) is 6.61 Å². The van der Waals surface area contributed by atoms with E-state index in [1.165, 1.54) is 0 Å². The number of amides is 1. The summed E-state index contributed by atoms with van der Waals surface area (Å²) in [4.78, 5) is 11.6. The SMILES string of the molecule is CC(CO)C(C)NC(=O)COc1ccc(C#N)cc1. The highest BCUT2D eigenvalue weighted by atomic mass is 16.5. The predicted octanol–water partition coefficient (Wildman–Crippen LogP) is 1.07. The molecule has 0 aliphatic carbocycles. The molecular weight excluding hydrogens is 244 g/mol. The van der Waals surface area contributed by atoms with E-state index in [1.807, 2.05) is 19.9 Å². The molecule has 0 heterocycles. The van der Waals surface area contributed by atoms with Gasteiger partial charge >= 0.3 is 0 Å². The molecule has 0 saturated heterocycles. The highest BCUT2D eigenvalue weighted by molar-refractivity contribution is 5.77. The Morgan fingerprint density at radius 1 is 1.42 bits per heavy atom. The van der Waals surface area contributed by atoms with Gasteiger partial charge in [-0.1, -0.05) is 6.92 Å². The third-order valence-corrected chi connectivity index (χ3v) is 2.88. The Morgan fingerprint density at radius 2 is 2.05 bits per heavy atom. The number of benzene rings is 1. The summed E-state index contributed by atoms with van der Waals surface area (Å²) >= 11 is 0. The molecule has 0 fully saturated rings. The van der Waals surface area contributed by atoms with E-state index in [1.54, 1.807) is 24.3 Å². The van der Waals surface area contributed by atoms with Crippen molar-refractivity contribution in [3.05, 3.63) is 29.8 Å². The Balaban J connectivity index is 2.39. The first kappa shape index (κ1) is 15.0. The zero-order chi connectivity index (χ0) is 14.3. The summed E-state index contributed by atoms with van der Waals surface area (Å²) in [7, 11) is 0. The average molecular weight is 262 g/mol. The van der Waals surface area contributed by atoms with E-state index >= 15 is 0 Å². The van der Waals surface area contributed by atoms with E-state index in [0.29, 0.717) is 11.3 Å². The Morgan fingerprint density at radius 3 is 2.58 bits per heavy atom. The van der Waals surface area contributed by atoms with Crippen LogP contribution in [-0.2, 0) is 4.79 Å². The maximum Gasteiger partial charge on any atom is 0.258 e. The largest absolute Gasteiger partial charge is 0.484 e. The van der Waals surface area contributed by atoms with Crippen molar-refractivity contribution in [1.82, 2.24) is 5.32 Å². The molecule has 0 saturated carbocycles. The summed E-state index contributed by atoms with van der Waals surface area (Å²) in [6.07, 6.45) is 0. The zero-order valence-electron chi connectivity index (χ0n) is 11.1. The highest BCUT2D eigenvalue weighted by Crippen LogP contribution is 2.11. The van der Waals surface area contributed by atoms with Crippen molar-refractivity contribution in [2.45, 2.75) is 19.9 Å². The van der Waals surface area contributed by atoms with Crippen LogP contribution in [0.4, 0.5) is 0 Å². The lowest BCUT2D eigenvalue weighted by atomic mass is 10.1. The van der Waals surface area contributed by atoms with Crippen LogP contribution in [0.2, 0.25) is 0 Å². The summed E-state index contributed by atoms with van der Waals surface area (Å²) in [6.45, 7) is 3.62. The summed E-state index contributed by atoms with van der Waals surface area (Å²) in [5.74, 6) is 0.299. The predicted molar refractivity (Wildman–Crippen MR) is 70.5 cm³/mol. The van der Waals surface area contributed by atoms with Gasteiger partial charge < -0.3 is 15.2 Å². The molecule has 102 valence electrons. The number of nitriles is 1. The standard InChI is InChI=1S/C14H18N2O3/c1-10(8-17)11(2)16-14(18)9-19-13-5-3-12(7-15)4-6-13/h3-6,10-11,17H,8-9H2,1-2H3,(H,16,18). The van der Waals surface area contributed by atoms with Crippen LogP contribution in [0, 0.1) is 17.2 Å². The maximum atomic E-state index is 11.6. The molecule has 1 amide bonds. The summed E-state index contributed by atoms with van der Waals surface area (Å²) < 4.78 is 5.30. The summed E-state index contributed by atoms with van der Waals surface area (Å²) in [6, 6.07) is 8.44. The van der Waals surface area contributed by atoms with Crippen LogP contribution in [0.3, 0.4) is 0 Å².